The van der Waals surface area contributed by atoms with E-state index in [0.29, 0.717) is 25.8 Å². The van der Waals surface area contributed by atoms with Gasteiger partial charge in [-0.2, -0.15) is 0 Å². The van der Waals surface area contributed by atoms with Crippen LogP contribution in [0.5, 0.6) is 0 Å². The molecule has 0 rings (SSSR count). The maximum Gasteiger partial charge on any atom is 0.326 e. The van der Waals surface area contributed by atoms with Gasteiger partial charge in [0.15, 0.2) is 0 Å². The molecule has 0 heterocycles. The van der Waals surface area contributed by atoms with Crippen LogP contribution in [0.2, 0.25) is 0 Å². The number of amides is 3. The Hall–Kier alpha value is -2.24. The molecule has 0 spiro atoms. The van der Waals surface area contributed by atoms with Gasteiger partial charge >= 0.3 is 5.97 Å². The molecule has 11 nitrogen and oxygen atoms in total. The molecule has 0 aliphatic carbocycles. The van der Waals surface area contributed by atoms with Crippen LogP contribution in [0, 0.1) is 5.92 Å². The standard InChI is InChI=1S/C18H35N5O6/c1-4-10(2)14(18(28)29)23-17(27)15(11(3)24)22-13(25)9-21-16(26)12(20)7-5-6-8-19/h10-12,14-15,24H,4-9,19-20H2,1-3H3,(H,21,26)(H,22,25)(H,23,27)(H,28,29). The van der Waals surface area contributed by atoms with Gasteiger partial charge in [0.1, 0.15) is 12.1 Å². The van der Waals surface area contributed by atoms with Crippen molar-refractivity contribution in [1.29, 1.82) is 0 Å². The summed E-state index contributed by atoms with van der Waals surface area (Å²) in [6.07, 6.45) is 1.08. The monoisotopic (exact) mass is 417 g/mol. The predicted molar refractivity (Wildman–Crippen MR) is 107 cm³/mol. The van der Waals surface area contributed by atoms with E-state index in [1.807, 2.05) is 0 Å². The molecule has 5 unspecified atom stereocenters. The molecule has 0 bridgehead atoms. The number of aliphatic carboxylic acids is 1. The molecule has 29 heavy (non-hydrogen) atoms. The summed E-state index contributed by atoms with van der Waals surface area (Å²) in [7, 11) is 0. The lowest BCUT2D eigenvalue weighted by Gasteiger charge is -2.25. The van der Waals surface area contributed by atoms with Crippen molar-refractivity contribution in [3.63, 3.8) is 0 Å². The number of nitrogens with two attached hydrogens (primary N) is 2. The molecule has 0 saturated carbocycles. The first-order chi connectivity index (χ1) is 13.5. The van der Waals surface area contributed by atoms with E-state index in [4.69, 9.17) is 11.5 Å². The summed E-state index contributed by atoms with van der Waals surface area (Å²) in [5, 5.41) is 26.1. The quantitative estimate of drug-likeness (QED) is 0.158. The molecule has 0 aromatic carbocycles. The maximum absolute atomic E-state index is 12.4. The number of carboxylic acids is 1. The highest BCUT2D eigenvalue weighted by atomic mass is 16.4. The van der Waals surface area contributed by atoms with E-state index >= 15 is 0 Å². The molecule has 11 heteroatoms. The van der Waals surface area contributed by atoms with Gasteiger partial charge in [0.25, 0.3) is 0 Å². The summed E-state index contributed by atoms with van der Waals surface area (Å²) >= 11 is 0. The summed E-state index contributed by atoms with van der Waals surface area (Å²) in [5.74, 6) is -3.62. The van der Waals surface area contributed by atoms with Gasteiger partial charge in [-0.15, -0.1) is 0 Å². The van der Waals surface area contributed by atoms with Crippen LogP contribution in [0.4, 0.5) is 0 Å². The van der Waals surface area contributed by atoms with Crippen molar-refractivity contribution in [2.75, 3.05) is 13.1 Å². The first-order valence-corrected chi connectivity index (χ1v) is 9.79. The molecule has 0 fully saturated rings. The van der Waals surface area contributed by atoms with Crippen LogP contribution >= 0.6 is 0 Å². The van der Waals surface area contributed by atoms with E-state index in [1.165, 1.54) is 6.92 Å². The Morgan fingerprint density at radius 3 is 2.10 bits per heavy atom. The van der Waals surface area contributed by atoms with E-state index in [0.717, 1.165) is 6.42 Å². The van der Waals surface area contributed by atoms with Crippen LogP contribution < -0.4 is 27.4 Å². The molecule has 0 aromatic heterocycles. The lowest BCUT2D eigenvalue weighted by molar-refractivity contribution is -0.144. The average molecular weight is 418 g/mol. The highest BCUT2D eigenvalue weighted by molar-refractivity contribution is 5.92. The number of aliphatic hydroxyl groups excluding tert-OH is 1. The first kappa shape index (κ1) is 26.8. The van der Waals surface area contributed by atoms with Crippen LogP contribution in [0.3, 0.4) is 0 Å². The Labute approximate surface area is 171 Å². The Balaban J connectivity index is 4.74. The fourth-order valence-corrected chi connectivity index (χ4v) is 2.49. The molecule has 3 amide bonds. The minimum Gasteiger partial charge on any atom is -0.480 e. The van der Waals surface area contributed by atoms with Gasteiger partial charge < -0.3 is 37.6 Å². The van der Waals surface area contributed by atoms with Crippen LogP contribution in [0.1, 0.15) is 46.5 Å². The number of hydrogen-bond donors (Lipinski definition) is 7. The second-order valence-electron chi connectivity index (χ2n) is 7.10. The van der Waals surface area contributed by atoms with Gasteiger partial charge in [0.05, 0.1) is 18.7 Å². The van der Waals surface area contributed by atoms with Crippen molar-refractivity contribution in [2.24, 2.45) is 17.4 Å². The lowest BCUT2D eigenvalue weighted by atomic mass is 9.98. The number of carbonyl (C=O) groups excluding carboxylic acids is 3. The van der Waals surface area contributed by atoms with Crippen LogP contribution in [-0.4, -0.2) is 71.2 Å². The normalized spacial score (nSPS) is 16.1. The second-order valence-corrected chi connectivity index (χ2v) is 7.10. The average Bonchev–Trinajstić information content (AvgIpc) is 2.66. The van der Waals surface area contributed by atoms with Gasteiger partial charge in [-0.3, -0.25) is 14.4 Å². The third kappa shape index (κ3) is 10.2. The number of nitrogens with one attached hydrogen (secondary N) is 3. The third-order valence-corrected chi connectivity index (χ3v) is 4.59. The fourth-order valence-electron chi connectivity index (χ4n) is 2.49. The molecule has 168 valence electrons. The van der Waals surface area contributed by atoms with Gasteiger partial charge in [-0.05, 0) is 32.2 Å². The predicted octanol–water partition coefficient (Wildman–Crippen LogP) is -1.96. The molecule has 0 aromatic rings. The first-order valence-electron chi connectivity index (χ1n) is 9.79. The Bertz CT molecular complexity index is 557. The number of unbranched alkanes of at least 4 members (excludes halogenated alkanes) is 1. The van der Waals surface area contributed by atoms with Gasteiger partial charge in [-0.25, -0.2) is 4.79 Å². The smallest absolute Gasteiger partial charge is 0.326 e. The molecular weight excluding hydrogens is 382 g/mol. The van der Waals surface area contributed by atoms with Crippen molar-refractivity contribution in [3.8, 4) is 0 Å². The summed E-state index contributed by atoms with van der Waals surface area (Å²) < 4.78 is 0. The zero-order valence-corrected chi connectivity index (χ0v) is 17.3. The van der Waals surface area contributed by atoms with Crippen molar-refractivity contribution >= 4 is 23.7 Å². The second kappa shape index (κ2) is 13.9. The van der Waals surface area contributed by atoms with Crippen molar-refractivity contribution < 1.29 is 29.4 Å². The van der Waals surface area contributed by atoms with E-state index in [9.17, 15) is 29.4 Å². The summed E-state index contributed by atoms with van der Waals surface area (Å²) in [6.45, 7) is 4.80. The maximum atomic E-state index is 12.4. The number of rotatable bonds is 14. The topological polar surface area (TPSA) is 197 Å². The van der Waals surface area contributed by atoms with E-state index < -0.39 is 54.5 Å². The SMILES string of the molecule is CCC(C)C(NC(=O)C(NC(=O)CNC(=O)C(N)CCCCN)C(C)O)C(=O)O. The Kier molecular flexibility index (Phi) is 12.8. The van der Waals surface area contributed by atoms with Gasteiger partial charge in [0.2, 0.25) is 17.7 Å². The summed E-state index contributed by atoms with van der Waals surface area (Å²) in [4.78, 5) is 47.7. The Morgan fingerprint density at radius 2 is 1.62 bits per heavy atom. The van der Waals surface area contributed by atoms with E-state index in [1.54, 1.807) is 13.8 Å². The minimum atomic E-state index is -1.37. The largest absolute Gasteiger partial charge is 0.480 e. The van der Waals surface area contributed by atoms with Crippen LogP contribution in [0.15, 0.2) is 0 Å². The summed E-state index contributed by atoms with van der Waals surface area (Å²) in [5.41, 5.74) is 11.1. The van der Waals surface area contributed by atoms with Crippen molar-refractivity contribution in [2.45, 2.75) is 70.7 Å². The Morgan fingerprint density at radius 1 is 1.00 bits per heavy atom. The van der Waals surface area contributed by atoms with Crippen molar-refractivity contribution in [1.82, 2.24) is 16.0 Å². The molecule has 0 radical (unpaired) electrons. The van der Waals surface area contributed by atoms with E-state index in [2.05, 4.69) is 16.0 Å². The minimum absolute atomic E-state index is 0.346. The third-order valence-electron chi connectivity index (χ3n) is 4.59. The number of carboxylic acid groups (broad SMARTS) is 1. The van der Waals surface area contributed by atoms with E-state index in [-0.39, 0.29) is 5.92 Å². The summed E-state index contributed by atoms with van der Waals surface area (Å²) in [6, 6.07) is -3.31. The molecule has 0 saturated heterocycles. The van der Waals surface area contributed by atoms with Gasteiger partial charge in [0, 0.05) is 0 Å². The molecule has 0 aliphatic heterocycles. The zero-order chi connectivity index (χ0) is 22.6. The van der Waals surface area contributed by atoms with Crippen LogP contribution in [-0.2, 0) is 19.2 Å². The molecule has 0 aliphatic rings. The number of carbonyl (C=O) groups is 4. The highest BCUT2D eigenvalue weighted by Crippen LogP contribution is 2.08. The number of aliphatic hydroxyl groups is 1. The molecular formula is C18H35N5O6. The number of hydrogen-bond acceptors (Lipinski definition) is 7. The lowest BCUT2D eigenvalue weighted by Crippen LogP contribution is -2.58. The highest BCUT2D eigenvalue weighted by Gasteiger charge is 2.31. The molecule has 9 N–H and O–H groups in total. The fraction of sp³-hybridized carbons (Fsp3) is 0.778. The van der Waals surface area contributed by atoms with Crippen LogP contribution in [0.25, 0.3) is 0 Å². The molecule has 5 atom stereocenters. The zero-order valence-electron chi connectivity index (χ0n) is 17.3. The van der Waals surface area contributed by atoms with Gasteiger partial charge in [-0.1, -0.05) is 26.7 Å². The van der Waals surface area contributed by atoms with Crippen molar-refractivity contribution in [3.05, 3.63) is 0 Å².